The number of carbonyl (C=O) groups is 2. The van der Waals surface area contributed by atoms with E-state index in [1.165, 1.54) is 13.0 Å². The van der Waals surface area contributed by atoms with Gasteiger partial charge in [0.1, 0.15) is 11.9 Å². The van der Waals surface area contributed by atoms with E-state index >= 15 is 0 Å². The van der Waals surface area contributed by atoms with Gasteiger partial charge in [-0.05, 0) is 43.0 Å². The third kappa shape index (κ3) is 9.92. The first-order valence-electron chi connectivity index (χ1n) is 11.9. The van der Waals surface area contributed by atoms with E-state index in [2.05, 4.69) is 5.32 Å². The van der Waals surface area contributed by atoms with Crippen molar-refractivity contribution in [3.8, 4) is 5.75 Å². The zero-order chi connectivity index (χ0) is 25.8. The average molecular weight is 484 g/mol. The fourth-order valence-corrected chi connectivity index (χ4v) is 3.91. The predicted molar refractivity (Wildman–Crippen MR) is 137 cm³/mol. The second kappa shape index (κ2) is 14.3. The van der Waals surface area contributed by atoms with Crippen LogP contribution in [0.15, 0.2) is 66.3 Å². The molecule has 35 heavy (non-hydrogen) atoms. The summed E-state index contributed by atoms with van der Waals surface area (Å²) in [6.45, 7) is 5.09. The number of phenolic OH excluding ortho intramolecular Hbond substituents is 1. The van der Waals surface area contributed by atoms with Gasteiger partial charge in [-0.15, -0.1) is 0 Å². The number of amides is 1. The molecule has 1 aromatic rings. The monoisotopic (exact) mass is 483 g/mol. The van der Waals surface area contributed by atoms with E-state index in [4.69, 9.17) is 9.47 Å². The number of rotatable bonds is 2. The van der Waals surface area contributed by atoms with E-state index in [0.29, 0.717) is 24.9 Å². The Kier molecular flexibility index (Phi) is 11.5. The quantitative estimate of drug-likeness (QED) is 0.419. The maximum Gasteiger partial charge on any atom is 0.302 e. The highest BCUT2D eigenvalue weighted by atomic mass is 16.5. The molecule has 7 heteroatoms. The van der Waals surface area contributed by atoms with Crippen molar-refractivity contribution in [1.82, 2.24) is 0 Å². The number of benzene rings is 1. The van der Waals surface area contributed by atoms with Gasteiger partial charge in [-0.1, -0.05) is 49.5 Å². The summed E-state index contributed by atoms with van der Waals surface area (Å²) >= 11 is 0. The Hall–Kier alpha value is -3.16. The summed E-state index contributed by atoms with van der Waals surface area (Å²) in [5.41, 5.74) is 2.15. The number of allylic oxidation sites excluding steroid dienone is 5. The molecule has 0 saturated heterocycles. The molecule has 0 spiro atoms. The van der Waals surface area contributed by atoms with Crippen LogP contribution in [0.1, 0.15) is 45.6 Å². The largest absolute Gasteiger partial charge is 0.508 e. The molecule has 0 saturated carbocycles. The van der Waals surface area contributed by atoms with Gasteiger partial charge in [0.25, 0.3) is 0 Å². The number of aliphatic hydroxyl groups is 1. The number of fused-ring (bicyclic) bond motifs is 2. The van der Waals surface area contributed by atoms with Crippen LogP contribution in [0, 0.1) is 5.92 Å². The Labute approximate surface area is 207 Å². The van der Waals surface area contributed by atoms with Crippen LogP contribution in [0.2, 0.25) is 0 Å². The molecule has 1 aliphatic rings. The highest BCUT2D eigenvalue weighted by Gasteiger charge is 2.27. The summed E-state index contributed by atoms with van der Waals surface area (Å²) in [4.78, 5) is 24.1. The highest BCUT2D eigenvalue weighted by molar-refractivity contribution is 5.91. The number of anilines is 1. The molecular formula is C28H37NO6. The lowest BCUT2D eigenvalue weighted by Crippen LogP contribution is -2.33. The summed E-state index contributed by atoms with van der Waals surface area (Å²) in [5, 5.41) is 23.8. The molecule has 0 aromatic heterocycles. The van der Waals surface area contributed by atoms with Crippen molar-refractivity contribution >= 4 is 17.6 Å². The van der Waals surface area contributed by atoms with E-state index in [-0.39, 0.29) is 30.0 Å². The average Bonchev–Trinajstić information content (AvgIpc) is 2.79. The van der Waals surface area contributed by atoms with Crippen LogP contribution < -0.4 is 5.32 Å². The summed E-state index contributed by atoms with van der Waals surface area (Å²) in [5.74, 6) is -0.850. The van der Waals surface area contributed by atoms with Crippen molar-refractivity contribution < 1.29 is 29.3 Å². The minimum Gasteiger partial charge on any atom is -0.508 e. The van der Waals surface area contributed by atoms with Crippen LogP contribution in [-0.2, 0) is 25.5 Å². The molecule has 0 radical (unpaired) electrons. The molecule has 1 aromatic carbocycles. The molecule has 7 nitrogen and oxygen atoms in total. The van der Waals surface area contributed by atoms with Crippen LogP contribution in [0.4, 0.5) is 5.69 Å². The van der Waals surface area contributed by atoms with Crippen molar-refractivity contribution in [2.45, 2.75) is 64.8 Å². The summed E-state index contributed by atoms with van der Waals surface area (Å²) in [6, 6.07) is 4.99. The number of aliphatic hydroxyl groups excluding tert-OH is 1. The first-order chi connectivity index (χ1) is 16.7. The summed E-state index contributed by atoms with van der Waals surface area (Å²) in [6.07, 6.45) is 13.1. The van der Waals surface area contributed by atoms with E-state index in [9.17, 15) is 19.8 Å². The van der Waals surface area contributed by atoms with Crippen molar-refractivity contribution in [1.29, 1.82) is 0 Å². The number of aryl methyl sites for hydroxylation is 1. The summed E-state index contributed by atoms with van der Waals surface area (Å²) in [7, 11) is 1.54. The van der Waals surface area contributed by atoms with Gasteiger partial charge in [-0.25, -0.2) is 0 Å². The maximum atomic E-state index is 12.5. The standard InChI is InChI=1S/C28H37NO6/c1-19-11-10-12-22-15-23(17-24(31)16-22)29-27(32)18-25(34-4)13-8-6-5-7-9-14-26(35-21(3)30)20(2)28(19)33/h5-9,11,13,15-17,20,25-26,28,31,33H,10,12,14,18H2,1-4H3,(H,29,32)/b6-5+,9-7+,13-8?,19-11-/t20-,25-,26-,28-/m0/s1. The van der Waals surface area contributed by atoms with E-state index in [1.807, 2.05) is 50.3 Å². The molecule has 190 valence electrons. The second-order valence-corrected chi connectivity index (χ2v) is 8.79. The van der Waals surface area contributed by atoms with Crippen LogP contribution in [0.3, 0.4) is 0 Å². The van der Waals surface area contributed by atoms with Gasteiger partial charge < -0.3 is 25.0 Å². The number of hydrogen-bond donors (Lipinski definition) is 3. The Morgan fingerprint density at radius 3 is 2.60 bits per heavy atom. The molecule has 0 fully saturated rings. The number of nitrogens with one attached hydrogen (secondary N) is 1. The number of esters is 1. The fourth-order valence-electron chi connectivity index (χ4n) is 3.91. The van der Waals surface area contributed by atoms with Gasteiger partial charge >= 0.3 is 5.97 Å². The Balaban J connectivity index is 2.31. The van der Waals surface area contributed by atoms with Gasteiger partial charge in [0.2, 0.25) is 5.91 Å². The van der Waals surface area contributed by atoms with Crippen molar-refractivity contribution in [3.05, 3.63) is 71.9 Å². The van der Waals surface area contributed by atoms with Crippen LogP contribution in [-0.4, -0.2) is 47.5 Å². The van der Waals surface area contributed by atoms with Gasteiger partial charge in [0.05, 0.1) is 18.6 Å². The summed E-state index contributed by atoms with van der Waals surface area (Å²) < 4.78 is 10.9. The number of phenols is 1. The van der Waals surface area contributed by atoms with Gasteiger partial charge in [-0.3, -0.25) is 9.59 Å². The minimum atomic E-state index is -0.773. The van der Waals surface area contributed by atoms with Crippen LogP contribution >= 0.6 is 0 Å². The lowest BCUT2D eigenvalue weighted by Gasteiger charge is -2.27. The second-order valence-electron chi connectivity index (χ2n) is 8.79. The zero-order valence-electron chi connectivity index (χ0n) is 20.9. The van der Waals surface area contributed by atoms with Crippen molar-refractivity contribution in [2.24, 2.45) is 5.92 Å². The molecule has 2 bridgehead atoms. The molecule has 0 aliphatic carbocycles. The maximum absolute atomic E-state index is 12.5. The number of aromatic hydroxyl groups is 1. The molecule has 3 N–H and O–H groups in total. The third-order valence-corrected chi connectivity index (χ3v) is 5.88. The van der Waals surface area contributed by atoms with Gasteiger partial charge in [-0.2, -0.15) is 0 Å². The number of hydrogen-bond acceptors (Lipinski definition) is 6. The lowest BCUT2D eigenvalue weighted by molar-refractivity contribution is -0.150. The van der Waals surface area contributed by atoms with Gasteiger partial charge in [0.15, 0.2) is 0 Å². The molecule has 0 unspecified atom stereocenters. The van der Waals surface area contributed by atoms with Gasteiger partial charge in [0, 0.05) is 38.1 Å². The SMILES string of the molecule is CO[C@H]1C=C/C=C/C=C/C[C@H](OC(C)=O)[C@H](C)[C@@H](O)/C(C)=C\CCc2cc(O)cc(c2)NC(=O)C1. The van der Waals surface area contributed by atoms with Crippen LogP contribution in [0.25, 0.3) is 0 Å². The molecule has 1 aliphatic heterocycles. The Morgan fingerprint density at radius 2 is 1.89 bits per heavy atom. The molecule has 1 amide bonds. The molecule has 4 atom stereocenters. The first kappa shape index (κ1) is 28.1. The zero-order valence-corrected chi connectivity index (χ0v) is 20.9. The fraction of sp³-hybridized carbons (Fsp3) is 0.429. The normalized spacial score (nSPS) is 28.0. The Bertz CT molecular complexity index is 978. The number of methoxy groups -OCH3 is 1. The van der Waals surface area contributed by atoms with E-state index in [0.717, 1.165) is 11.1 Å². The van der Waals surface area contributed by atoms with Crippen LogP contribution in [0.5, 0.6) is 5.75 Å². The van der Waals surface area contributed by atoms with E-state index < -0.39 is 18.3 Å². The first-order valence-corrected chi connectivity index (χ1v) is 11.9. The lowest BCUT2D eigenvalue weighted by atomic mass is 9.90. The Morgan fingerprint density at radius 1 is 1.14 bits per heavy atom. The predicted octanol–water partition coefficient (Wildman–Crippen LogP) is 4.62. The minimum absolute atomic E-state index is 0.0654. The molecule has 1 heterocycles. The topological polar surface area (TPSA) is 105 Å². The van der Waals surface area contributed by atoms with Crippen molar-refractivity contribution in [3.63, 3.8) is 0 Å². The number of ether oxygens (including phenoxy) is 2. The highest BCUT2D eigenvalue weighted by Crippen LogP contribution is 2.24. The number of carbonyl (C=O) groups excluding carboxylic acids is 2. The molecular weight excluding hydrogens is 446 g/mol. The van der Waals surface area contributed by atoms with Crippen molar-refractivity contribution in [2.75, 3.05) is 12.4 Å². The third-order valence-electron chi connectivity index (χ3n) is 5.88. The smallest absolute Gasteiger partial charge is 0.302 e. The van der Waals surface area contributed by atoms with E-state index in [1.54, 1.807) is 25.3 Å². The molecule has 2 rings (SSSR count).